The van der Waals surface area contributed by atoms with Gasteiger partial charge in [-0.3, -0.25) is 4.68 Å². The zero-order valence-electron chi connectivity index (χ0n) is 13.6. The lowest BCUT2D eigenvalue weighted by Gasteiger charge is -2.10. The lowest BCUT2D eigenvalue weighted by molar-refractivity contribution is 0.276. The predicted molar refractivity (Wildman–Crippen MR) is 85.1 cm³/mol. The molecule has 0 amide bonds. The van der Waals surface area contributed by atoms with E-state index in [0.717, 1.165) is 22.5 Å². The van der Waals surface area contributed by atoms with Gasteiger partial charge in [0.1, 0.15) is 0 Å². The summed E-state index contributed by atoms with van der Waals surface area (Å²) in [5, 5.41) is 19.6. The first-order valence-electron chi connectivity index (χ1n) is 7.43. The predicted octanol–water partition coefficient (Wildman–Crippen LogP) is 2.39. The molecule has 0 atom stereocenters. The average molecular weight is 299 g/mol. The Morgan fingerprint density at radius 3 is 2.55 bits per heavy atom. The summed E-state index contributed by atoms with van der Waals surface area (Å²) in [5.74, 6) is 0.404. The molecule has 1 N–H and O–H groups in total. The monoisotopic (exact) mass is 299 g/mol. The van der Waals surface area contributed by atoms with Gasteiger partial charge in [-0.05, 0) is 31.4 Å². The quantitative estimate of drug-likeness (QED) is 0.806. The highest BCUT2D eigenvalue weighted by Gasteiger charge is 2.18. The largest absolute Gasteiger partial charge is 0.390 e. The van der Waals surface area contributed by atoms with Gasteiger partial charge in [-0.25, -0.2) is 9.67 Å². The van der Waals surface area contributed by atoms with E-state index in [0.29, 0.717) is 17.3 Å². The SMILES string of the molecule is Cc1nn(-c2cc3cn(C)nc3nc2CO)c(C)c1C(C)C. The van der Waals surface area contributed by atoms with Crippen molar-refractivity contribution >= 4 is 11.0 Å². The van der Waals surface area contributed by atoms with Crippen molar-refractivity contribution in [2.24, 2.45) is 7.05 Å². The van der Waals surface area contributed by atoms with Gasteiger partial charge in [0.2, 0.25) is 0 Å². The normalized spacial score (nSPS) is 11.8. The van der Waals surface area contributed by atoms with E-state index in [4.69, 9.17) is 0 Å². The van der Waals surface area contributed by atoms with Gasteiger partial charge in [-0.1, -0.05) is 13.8 Å². The number of hydrogen-bond donors (Lipinski definition) is 1. The summed E-state index contributed by atoms with van der Waals surface area (Å²) in [6, 6.07) is 1.99. The number of rotatable bonds is 3. The van der Waals surface area contributed by atoms with E-state index in [1.165, 1.54) is 5.56 Å². The van der Waals surface area contributed by atoms with Crippen molar-refractivity contribution in [3.63, 3.8) is 0 Å². The van der Waals surface area contributed by atoms with Gasteiger partial charge in [0.25, 0.3) is 0 Å². The highest BCUT2D eigenvalue weighted by molar-refractivity contribution is 5.77. The molecular weight excluding hydrogens is 278 g/mol. The molecule has 116 valence electrons. The summed E-state index contributed by atoms with van der Waals surface area (Å²) in [7, 11) is 1.86. The topological polar surface area (TPSA) is 68.8 Å². The summed E-state index contributed by atoms with van der Waals surface area (Å²) in [5.41, 5.74) is 5.40. The third kappa shape index (κ3) is 2.20. The molecule has 0 spiro atoms. The van der Waals surface area contributed by atoms with Gasteiger partial charge < -0.3 is 5.11 Å². The molecule has 0 saturated heterocycles. The molecule has 0 aromatic carbocycles. The molecule has 3 rings (SSSR count). The van der Waals surface area contributed by atoms with Crippen LogP contribution in [0.3, 0.4) is 0 Å². The molecule has 0 aliphatic carbocycles. The molecule has 0 saturated carbocycles. The molecule has 0 bridgehead atoms. The maximum Gasteiger partial charge on any atom is 0.181 e. The molecule has 22 heavy (non-hydrogen) atoms. The Morgan fingerprint density at radius 1 is 1.23 bits per heavy atom. The van der Waals surface area contributed by atoms with Gasteiger partial charge in [0.05, 0.1) is 23.7 Å². The van der Waals surface area contributed by atoms with E-state index in [1.54, 1.807) is 4.68 Å². The van der Waals surface area contributed by atoms with Crippen molar-refractivity contribution in [2.75, 3.05) is 0 Å². The van der Waals surface area contributed by atoms with E-state index >= 15 is 0 Å². The Hall–Kier alpha value is -2.21. The van der Waals surface area contributed by atoms with Crippen LogP contribution in [0.5, 0.6) is 0 Å². The van der Waals surface area contributed by atoms with Gasteiger partial charge in [-0.2, -0.15) is 10.2 Å². The van der Waals surface area contributed by atoms with Crippen molar-refractivity contribution < 1.29 is 5.11 Å². The summed E-state index contributed by atoms with van der Waals surface area (Å²) >= 11 is 0. The van der Waals surface area contributed by atoms with E-state index in [-0.39, 0.29) is 6.61 Å². The van der Waals surface area contributed by atoms with Crippen LogP contribution in [-0.2, 0) is 13.7 Å². The smallest absolute Gasteiger partial charge is 0.181 e. The second kappa shape index (κ2) is 5.21. The van der Waals surface area contributed by atoms with Crippen LogP contribution in [0.25, 0.3) is 16.7 Å². The highest BCUT2D eigenvalue weighted by atomic mass is 16.3. The van der Waals surface area contributed by atoms with Crippen LogP contribution in [0, 0.1) is 13.8 Å². The van der Waals surface area contributed by atoms with Gasteiger partial charge >= 0.3 is 0 Å². The fourth-order valence-corrected chi connectivity index (χ4v) is 3.12. The molecule has 3 aromatic rings. The second-order valence-corrected chi connectivity index (χ2v) is 5.98. The lowest BCUT2D eigenvalue weighted by Crippen LogP contribution is -2.06. The van der Waals surface area contributed by atoms with Crippen molar-refractivity contribution in [2.45, 2.75) is 40.2 Å². The molecule has 0 fully saturated rings. The number of nitrogens with zero attached hydrogens (tertiary/aromatic N) is 5. The molecule has 0 radical (unpaired) electrons. The third-order valence-electron chi connectivity index (χ3n) is 3.97. The minimum Gasteiger partial charge on any atom is -0.390 e. The number of aromatic nitrogens is 5. The van der Waals surface area contributed by atoms with Gasteiger partial charge in [-0.15, -0.1) is 0 Å². The molecular formula is C16H21N5O. The number of aliphatic hydroxyl groups is 1. The van der Waals surface area contributed by atoms with Gasteiger partial charge in [0, 0.05) is 24.3 Å². The first-order valence-corrected chi connectivity index (χ1v) is 7.43. The Labute approximate surface area is 129 Å². The summed E-state index contributed by atoms with van der Waals surface area (Å²) in [6.07, 6.45) is 1.92. The third-order valence-corrected chi connectivity index (χ3v) is 3.97. The fraction of sp³-hybridized carbons (Fsp3) is 0.438. The maximum absolute atomic E-state index is 9.68. The molecule has 6 heteroatoms. The van der Waals surface area contributed by atoms with Crippen molar-refractivity contribution in [3.8, 4) is 5.69 Å². The van der Waals surface area contributed by atoms with Crippen LogP contribution in [-0.4, -0.2) is 29.7 Å². The molecule has 3 aromatic heterocycles. The lowest BCUT2D eigenvalue weighted by atomic mass is 10.0. The highest BCUT2D eigenvalue weighted by Crippen LogP contribution is 2.27. The van der Waals surface area contributed by atoms with Crippen LogP contribution >= 0.6 is 0 Å². The summed E-state index contributed by atoms with van der Waals surface area (Å²) in [4.78, 5) is 4.47. The van der Waals surface area contributed by atoms with Crippen molar-refractivity contribution in [1.29, 1.82) is 0 Å². The van der Waals surface area contributed by atoms with E-state index in [2.05, 4.69) is 36.0 Å². The standard InChI is InChI=1S/C16H21N5O/c1-9(2)15-10(3)18-21(11(15)4)14-6-12-7-20(5)19-16(12)17-13(14)8-22/h6-7,9,22H,8H2,1-5H3. The zero-order valence-corrected chi connectivity index (χ0v) is 13.6. The molecule has 6 nitrogen and oxygen atoms in total. The first kappa shape index (κ1) is 14.7. The number of fused-ring (bicyclic) bond motifs is 1. The Morgan fingerprint density at radius 2 is 1.95 bits per heavy atom. The van der Waals surface area contributed by atoms with Crippen LogP contribution in [0.1, 0.15) is 42.4 Å². The summed E-state index contributed by atoms with van der Waals surface area (Å²) < 4.78 is 3.61. The van der Waals surface area contributed by atoms with Crippen LogP contribution < -0.4 is 0 Å². The van der Waals surface area contributed by atoms with E-state index in [9.17, 15) is 5.11 Å². The van der Waals surface area contributed by atoms with Crippen molar-refractivity contribution in [3.05, 3.63) is 34.9 Å². The van der Waals surface area contributed by atoms with E-state index < -0.39 is 0 Å². The average Bonchev–Trinajstić information content (AvgIpc) is 2.95. The molecule has 0 unspecified atom stereocenters. The van der Waals surface area contributed by atoms with Crippen LogP contribution in [0.2, 0.25) is 0 Å². The molecule has 0 aliphatic heterocycles. The van der Waals surface area contributed by atoms with E-state index in [1.807, 2.05) is 30.9 Å². The number of hydrogen-bond acceptors (Lipinski definition) is 4. The number of pyridine rings is 1. The Kier molecular flexibility index (Phi) is 3.48. The number of aliphatic hydroxyl groups excluding tert-OH is 1. The number of aryl methyl sites for hydroxylation is 2. The van der Waals surface area contributed by atoms with Gasteiger partial charge in [0.15, 0.2) is 5.65 Å². The zero-order chi connectivity index (χ0) is 16.0. The maximum atomic E-state index is 9.68. The first-order chi connectivity index (χ1) is 10.4. The Balaban J connectivity index is 2.27. The van der Waals surface area contributed by atoms with Crippen molar-refractivity contribution in [1.82, 2.24) is 24.5 Å². The minimum absolute atomic E-state index is 0.142. The second-order valence-electron chi connectivity index (χ2n) is 5.98. The van der Waals surface area contributed by atoms with Crippen LogP contribution in [0.15, 0.2) is 12.3 Å². The fourth-order valence-electron chi connectivity index (χ4n) is 3.12. The minimum atomic E-state index is -0.142. The summed E-state index contributed by atoms with van der Waals surface area (Å²) in [6.45, 7) is 8.27. The van der Waals surface area contributed by atoms with Crippen LogP contribution in [0.4, 0.5) is 0 Å². The molecule has 3 heterocycles. The molecule has 0 aliphatic rings. The Bertz CT molecular complexity index is 844.